The molecule has 6 rings (SSSR count). The molecule has 2 aromatic rings. The molecule has 3 saturated heterocycles. The molecule has 0 aliphatic carbocycles. The molecule has 2 aromatic carbocycles. The van der Waals surface area contributed by atoms with Crippen molar-refractivity contribution in [2.45, 2.75) is 31.0 Å². The molecular weight excluding hydrogens is 402 g/mol. The van der Waals surface area contributed by atoms with Gasteiger partial charge in [0.25, 0.3) is 0 Å². The molecule has 1 N–H and O–H groups in total. The summed E-state index contributed by atoms with van der Waals surface area (Å²) in [7, 11) is 0. The van der Waals surface area contributed by atoms with Crippen LogP contribution in [-0.4, -0.2) is 40.1 Å². The Labute approximate surface area is 178 Å². The number of rotatable bonds is 2. The fourth-order valence-electron chi connectivity index (χ4n) is 6.16. The predicted molar refractivity (Wildman–Crippen MR) is 110 cm³/mol. The molecule has 0 unspecified atom stereocenters. The molecule has 4 heterocycles. The number of nitrogens with zero attached hydrogens (tertiary/aromatic N) is 2. The van der Waals surface area contributed by atoms with Gasteiger partial charge in [-0.25, -0.2) is 0 Å². The van der Waals surface area contributed by atoms with Gasteiger partial charge in [-0.1, -0.05) is 41.9 Å². The van der Waals surface area contributed by atoms with Crippen LogP contribution >= 0.6 is 11.6 Å². The van der Waals surface area contributed by atoms with Crippen molar-refractivity contribution >= 4 is 35.0 Å². The van der Waals surface area contributed by atoms with Gasteiger partial charge in [0, 0.05) is 22.3 Å². The fourth-order valence-corrected chi connectivity index (χ4v) is 6.33. The highest BCUT2D eigenvalue weighted by atomic mass is 35.5. The lowest BCUT2D eigenvalue weighted by atomic mass is 9.75. The van der Waals surface area contributed by atoms with Crippen LogP contribution in [0, 0.1) is 11.8 Å². The summed E-state index contributed by atoms with van der Waals surface area (Å²) in [6.07, 6.45) is 1.71. The molecule has 0 aromatic heterocycles. The van der Waals surface area contributed by atoms with Crippen LogP contribution in [0.15, 0.2) is 48.5 Å². The van der Waals surface area contributed by atoms with E-state index in [9.17, 15) is 14.4 Å². The normalized spacial score (nSPS) is 32.0. The van der Waals surface area contributed by atoms with E-state index in [1.54, 1.807) is 18.2 Å². The number of carbonyl (C=O) groups excluding carboxylic acids is 3. The lowest BCUT2D eigenvalue weighted by Gasteiger charge is -2.36. The standard InChI is InChI=1S/C23H20ClN3O3/c24-14-8-9-16-15(11-14)23(22(30)25-16)19-18(17-7-4-10-27(17)23)20(28)26(21(19)29)12-13-5-2-1-3-6-13/h1-3,5-6,8-9,11,17-19H,4,7,10,12H2,(H,25,30)/t17-,18+,19+,23-/m0/s1. The molecule has 4 aliphatic rings. The number of fused-ring (bicyclic) bond motifs is 7. The summed E-state index contributed by atoms with van der Waals surface area (Å²) >= 11 is 6.30. The Kier molecular flexibility index (Phi) is 3.71. The summed E-state index contributed by atoms with van der Waals surface area (Å²) in [6, 6.07) is 14.7. The first-order valence-electron chi connectivity index (χ1n) is 10.3. The second kappa shape index (κ2) is 6.15. The number of halogens is 1. The molecule has 3 amide bonds. The minimum atomic E-state index is -1.16. The van der Waals surface area contributed by atoms with Crippen LogP contribution in [0.3, 0.4) is 0 Å². The molecule has 0 saturated carbocycles. The van der Waals surface area contributed by atoms with E-state index in [0.29, 0.717) is 17.3 Å². The first kappa shape index (κ1) is 18.1. The monoisotopic (exact) mass is 421 g/mol. The molecule has 3 fully saturated rings. The van der Waals surface area contributed by atoms with E-state index in [2.05, 4.69) is 10.2 Å². The van der Waals surface area contributed by atoms with Crippen LogP contribution in [0.2, 0.25) is 5.02 Å². The van der Waals surface area contributed by atoms with Gasteiger partial charge >= 0.3 is 0 Å². The average Bonchev–Trinajstić information content (AvgIpc) is 3.44. The van der Waals surface area contributed by atoms with Gasteiger partial charge in [-0.2, -0.15) is 0 Å². The number of imide groups is 1. The summed E-state index contributed by atoms with van der Waals surface area (Å²) in [5.41, 5.74) is 1.14. The highest BCUT2D eigenvalue weighted by Crippen LogP contribution is 2.60. The van der Waals surface area contributed by atoms with E-state index in [1.165, 1.54) is 4.90 Å². The molecule has 6 nitrogen and oxygen atoms in total. The molecule has 4 atom stereocenters. The Bertz CT molecular complexity index is 1100. The Morgan fingerprint density at radius 2 is 1.87 bits per heavy atom. The summed E-state index contributed by atoms with van der Waals surface area (Å²) in [5, 5.41) is 3.48. The molecule has 1 spiro atoms. The van der Waals surface area contributed by atoms with Gasteiger partial charge < -0.3 is 5.32 Å². The molecule has 4 aliphatic heterocycles. The zero-order valence-electron chi connectivity index (χ0n) is 16.2. The number of carbonyl (C=O) groups is 3. The predicted octanol–water partition coefficient (Wildman–Crippen LogP) is 2.77. The van der Waals surface area contributed by atoms with E-state index in [1.807, 2.05) is 30.3 Å². The third-order valence-corrected chi connectivity index (χ3v) is 7.46. The number of hydrogen-bond donors (Lipinski definition) is 1. The van der Waals surface area contributed by atoms with E-state index < -0.39 is 17.4 Å². The van der Waals surface area contributed by atoms with Crippen LogP contribution in [0.25, 0.3) is 0 Å². The topological polar surface area (TPSA) is 69.7 Å². The fraction of sp³-hybridized carbons (Fsp3) is 0.348. The second-order valence-corrected chi connectivity index (χ2v) is 9.00. The van der Waals surface area contributed by atoms with Crippen molar-refractivity contribution in [1.82, 2.24) is 9.80 Å². The van der Waals surface area contributed by atoms with Gasteiger partial charge in [0.05, 0.1) is 18.4 Å². The van der Waals surface area contributed by atoms with Crippen molar-refractivity contribution in [3.05, 3.63) is 64.7 Å². The summed E-state index contributed by atoms with van der Waals surface area (Å²) < 4.78 is 0. The van der Waals surface area contributed by atoms with Crippen LogP contribution in [0.1, 0.15) is 24.0 Å². The number of amides is 3. The molecular formula is C23H20ClN3O3. The van der Waals surface area contributed by atoms with E-state index >= 15 is 0 Å². The molecule has 7 heteroatoms. The van der Waals surface area contributed by atoms with Crippen LogP contribution in [0.4, 0.5) is 5.69 Å². The molecule has 0 bridgehead atoms. The Morgan fingerprint density at radius 3 is 2.67 bits per heavy atom. The highest BCUT2D eigenvalue weighted by Gasteiger charge is 2.74. The van der Waals surface area contributed by atoms with Gasteiger partial charge in [0.15, 0.2) is 0 Å². The zero-order valence-corrected chi connectivity index (χ0v) is 16.9. The number of likely N-dealkylation sites (tertiary alicyclic amines) is 1. The first-order chi connectivity index (χ1) is 14.5. The molecule has 152 valence electrons. The zero-order chi connectivity index (χ0) is 20.6. The maximum atomic E-state index is 13.7. The maximum Gasteiger partial charge on any atom is 0.250 e. The number of hydrogen-bond acceptors (Lipinski definition) is 4. The van der Waals surface area contributed by atoms with E-state index in [0.717, 1.165) is 24.0 Å². The Balaban J connectivity index is 1.50. The summed E-state index contributed by atoms with van der Waals surface area (Å²) in [5.74, 6) is -1.86. The van der Waals surface area contributed by atoms with Crippen LogP contribution in [0.5, 0.6) is 0 Å². The Hall–Kier alpha value is -2.70. The van der Waals surface area contributed by atoms with Crippen molar-refractivity contribution in [3.63, 3.8) is 0 Å². The summed E-state index contributed by atoms with van der Waals surface area (Å²) in [4.78, 5) is 44.1. The number of nitrogens with one attached hydrogen (secondary N) is 1. The van der Waals surface area contributed by atoms with Gasteiger partial charge in [-0.05, 0) is 43.1 Å². The van der Waals surface area contributed by atoms with Crippen LogP contribution in [-0.2, 0) is 26.5 Å². The minimum Gasteiger partial charge on any atom is -0.324 e. The van der Waals surface area contributed by atoms with Gasteiger partial charge in [-0.15, -0.1) is 0 Å². The van der Waals surface area contributed by atoms with Gasteiger partial charge in [0.1, 0.15) is 5.54 Å². The second-order valence-electron chi connectivity index (χ2n) is 8.57. The van der Waals surface area contributed by atoms with Gasteiger partial charge in [0.2, 0.25) is 17.7 Å². The largest absolute Gasteiger partial charge is 0.324 e. The minimum absolute atomic E-state index is 0.108. The SMILES string of the molecule is O=C1[C@@H]2[C@@H]3CCCN3[C@]3(C(=O)Nc4ccc(Cl)cc43)[C@H]2C(=O)N1Cc1ccccc1. The smallest absolute Gasteiger partial charge is 0.250 e. The molecule has 30 heavy (non-hydrogen) atoms. The number of benzene rings is 2. The third-order valence-electron chi connectivity index (χ3n) is 7.23. The van der Waals surface area contributed by atoms with Crippen LogP contribution < -0.4 is 5.32 Å². The van der Waals surface area contributed by atoms with Gasteiger partial charge in [-0.3, -0.25) is 24.2 Å². The quantitative estimate of drug-likeness (QED) is 0.757. The van der Waals surface area contributed by atoms with Crippen molar-refractivity contribution in [2.75, 3.05) is 11.9 Å². The van der Waals surface area contributed by atoms with Crippen molar-refractivity contribution in [2.24, 2.45) is 11.8 Å². The lowest BCUT2D eigenvalue weighted by Crippen LogP contribution is -2.54. The van der Waals surface area contributed by atoms with Crippen molar-refractivity contribution in [3.8, 4) is 0 Å². The highest BCUT2D eigenvalue weighted by molar-refractivity contribution is 6.31. The van der Waals surface area contributed by atoms with E-state index in [4.69, 9.17) is 11.6 Å². The van der Waals surface area contributed by atoms with Crippen molar-refractivity contribution in [1.29, 1.82) is 0 Å². The first-order valence-corrected chi connectivity index (χ1v) is 10.7. The van der Waals surface area contributed by atoms with Crippen molar-refractivity contribution < 1.29 is 14.4 Å². The number of anilines is 1. The van der Waals surface area contributed by atoms with E-state index in [-0.39, 0.29) is 30.3 Å². The third kappa shape index (κ3) is 2.10. The lowest BCUT2D eigenvalue weighted by molar-refractivity contribution is -0.146. The average molecular weight is 422 g/mol. The Morgan fingerprint density at radius 1 is 1.07 bits per heavy atom. The maximum absolute atomic E-state index is 13.7. The summed E-state index contributed by atoms with van der Waals surface area (Å²) in [6.45, 7) is 0.925. The molecule has 0 radical (unpaired) electrons.